The minimum Gasteiger partial charge on any atom is -0.409 e. The fourth-order valence-electron chi connectivity index (χ4n) is 1.36. The maximum atomic E-state index is 11.6. The Kier molecular flexibility index (Phi) is 7.33. The second-order valence-corrected chi connectivity index (χ2v) is 4.15. The number of carbonyl (C=O) groups excluding carboxylic acids is 1. The highest BCUT2D eigenvalue weighted by atomic mass is 16.4. The number of carbonyl (C=O) groups is 1. The normalized spacial score (nSPS) is 15.6. The zero-order valence-corrected chi connectivity index (χ0v) is 10.4. The molecular formula is C11H23N3O2. The molecule has 0 aliphatic rings. The molecule has 5 nitrogen and oxygen atoms in total. The molecule has 1 amide bonds. The van der Waals surface area contributed by atoms with Crippen LogP contribution in [0.5, 0.6) is 0 Å². The fourth-order valence-corrected chi connectivity index (χ4v) is 1.36. The van der Waals surface area contributed by atoms with Gasteiger partial charge < -0.3 is 16.3 Å². The molecule has 0 rings (SSSR count). The molecule has 2 atom stereocenters. The highest BCUT2D eigenvalue weighted by Crippen LogP contribution is 2.04. The van der Waals surface area contributed by atoms with E-state index in [2.05, 4.69) is 17.4 Å². The maximum absolute atomic E-state index is 11.6. The summed E-state index contributed by atoms with van der Waals surface area (Å²) >= 11 is 0. The van der Waals surface area contributed by atoms with Crippen molar-refractivity contribution in [1.82, 2.24) is 5.32 Å². The summed E-state index contributed by atoms with van der Waals surface area (Å²) in [5.74, 6) is -0.837. The van der Waals surface area contributed by atoms with Crippen LogP contribution in [0.25, 0.3) is 0 Å². The first kappa shape index (κ1) is 14.7. The first-order valence-corrected chi connectivity index (χ1v) is 5.80. The molecule has 0 aromatic heterocycles. The second-order valence-electron chi connectivity index (χ2n) is 4.15. The molecule has 94 valence electrons. The lowest BCUT2D eigenvalue weighted by molar-refractivity contribution is -0.123. The summed E-state index contributed by atoms with van der Waals surface area (Å²) in [4.78, 5) is 11.6. The van der Waals surface area contributed by atoms with Crippen molar-refractivity contribution in [2.75, 3.05) is 0 Å². The lowest BCUT2D eigenvalue weighted by Gasteiger charge is -2.16. The van der Waals surface area contributed by atoms with Gasteiger partial charge in [-0.05, 0) is 20.3 Å². The van der Waals surface area contributed by atoms with E-state index in [0.717, 1.165) is 12.8 Å². The van der Waals surface area contributed by atoms with Crippen LogP contribution in [0.2, 0.25) is 0 Å². The number of amidine groups is 1. The fraction of sp³-hybridized carbons (Fsp3) is 0.818. The second kappa shape index (κ2) is 7.96. The predicted octanol–water partition coefficient (Wildman–Crippen LogP) is 1.45. The Labute approximate surface area is 97.1 Å². The molecule has 0 saturated heterocycles. The molecule has 0 saturated carbocycles. The summed E-state index contributed by atoms with van der Waals surface area (Å²) < 4.78 is 0. The van der Waals surface area contributed by atoms with Crippen molar-refractivity contribution < 1.29 is 10.0 Å². The summed E-state index contributed by atoms with van der Waals surface area (Å²) in [6.07, 6.45) is 4.41. The lowest BCUT2D eigenvalue weighted by Crippen LogP contribution is -2.41. The van der Waals surface area contributed by atoms with Crippen LogP contribution in [-0.2, 0) is 4.79 Å². The molecule has 0 heterocycles. The van der Waals surface area contributed by atoms with E-state index in [9.17, 15) is 4.79 Å². The molecular weight excluding hydrogens is 206 g/mol. The van der Waals surface area contributed by atoms with E-state index in [1.54, 1.807) is 6.92 Å². The molecule has 0 aliphatic heterocycles. The van der Waals surface area contributed by atoms with E-state index >= 15 is 0 Å². The molecule has 0 fully saturated rings. The van der Waals surface area contributed by atoms with Gasteiger partial charge in [-0.25, -0.2) is 0 Å². The van der Waals surface area contributed by atoms with Crippen LogP contribution in [-0.4, -0.2) is 23.0 Å². The Morgan fingerprint density at radius 3 is 2.56 bits per heavy atom. The number of oxime groups is 1. The summed E-state index contributed by atoms with van der Waals surface area (Å²) in [5, 5.41) is 14.1. The Balaban J connectivity index is 3.94. The number of amides is 1. The highest BCUT2D eigenvalue weighted by Gasteiger charge is 2.18. The van der Waals surface area contributed by atoms with Crippen molar-refractivity contribution in [3.63, 3.8) is 0 Å². The van der Waals surface area contributed by atoms with Crippen LogP contribution >= 0.6 is 0 Å². The standard InChI is InChI=1S/C11H23N3O2/c1-4-5-6-7-8(2)13-11(15)9(3)10(12)14-16/h8-9,16H,4-7H2,1-3H3,(H2,12,14)(H,13,15). The van der Waals surface area contributed by atoms with E-state index in [-0.39, 0.29) is 17.8 Å². The average molecular weight is 229 g/mol. The number of unbranched alkanes of at least 4 members (excludes halogenated alkanes) is 2. The average Bonchev–Trinajstić information content (AvgIpc) is 2.27. The topological polar surface area (TPSA) is 87.7 Å². The van der Waals surface area contributed by atoms with E-state index < -0.39 is 5.92 Å². The van der Waals surface area contributed by atoms with Crippen LogP contribution in [0.3, 0.4) is 0 Å². The third-order valence-electron chi connectivity index (χ3n) is 2.58. The molecule has 2 unspecified atom stereocenters. The van der Waals surface area contributed by atoms with Crippen LogP contribution < -0.4 is 11.1 Å². The van der Waals surface area contributed by atoms with E-state index in [4.69, 9.17) is 10.9 Å². The van der Waals surface area contributed by atoms with E-state index in [0.29, 0.717) is 0 Å². The first-order chi connectivity index (χ1) is 7.52. The number of nitrogens with one attached hydrogen (secondary N) is 1. The minimum absolute atomic E-state index is 0.0572. The van der Waals surface area contributed by atoms with E-state index in [1.165, 1.54) is 12.8 Å². The van der Waals surface area contributed by atoms with Gasteiger partial charge in [0.15, 0.2) is 5.84 Å². The Hall–Kier alpha value is -1.26. The van der Waals surface area contributed by atoms with Crippen molar-refractivity contribution in [3.05, 3.63) is 0 Å². The van der Waals surface area contributed by atoms with Crippen molar-refractivity contribution in [2.24, 2.45) is 16.8 Å². The van der Waals surface area contributed by atoms with Crippen LogP contribution in [0.4, 0.5) is 0 Å². The summed E-state index contributed by atoms with van der Waals surface area (Å²) in [5.41, 5.74) is 5.35. The summed E-state index contributed by atoms with van der Waals surface area (Å²) in [7, 11) is 0. The van der Waals surface area contributed by atoms with Crippen molar-refractivity contribution in [3.8, 4) is 0 Å². The van der Waals surface area contributed by atoms with Gasteiger partial charge in [0.2, 0.25) is 5.91 Å². The number of hydrogen-bond donors (Lipinski definition) is 3. The molecule has 16 heavy (non-hydrogen) atoms. The van der Waals surface area contributed by atoms with E-state index in [1.807, 2.05) is 6.92 Å². The molecule has 5 heteroatoms. The lowest BCUT2D eigenvalue weighted by atomic mass is 10.1. The Morgan fingerprint density at radius 1 is 1.44 bits per heavy atom. The van der Waals surface area contributed by atoms with Gasteiger partial charge in [0.05, 0.1) is 5.92 Å². The van der Waals surface area contributed by atoms with Crippen molar-refractivity contribution in [1.29, 1.82) is 0 Å². The van der Waals surface area contributed by atoms with Crippen LogP contribution in [0, 0.1) is 5.92 Å². The van der Waals surface area contributed by atoms with Gasteiger partial charge >= 0.3 is 0 Å². The van der Waals surface area contributed by atoms with Crippen LogP contribution in [0.1, 0.15) is 46.5 Å². The maximum Gasteiger partial charge on any atom is 0.230 e. The largest absolute Gasteiger partial charge is 0.409 e. The Bertz CT molecular complexity index is 241. The number of nitrogens with two attached hydrogens (primary N) is 1. The third-order valence-corrected chi connectivity index (χ3v) is 2.58. The summed E-state index contributed by atoms with van der Waals surface area (Å²) in [6, 6.07) is 0.132. The third kappa shape index (κ3) is 5.58. The van der Waals surface area contributed by atoms with Crippen molar-refractivity contribution in [2.45, 2.75) is 52.5 Å². The van der Waals surface area contributed by atoms with Gasteiger partial charge in [-0.2, -0.15) is 0 Å². The molecule has 4 N–H and O–H groups in total. The molecule has 0 bridgehead atoms. The highest BCUT2D eigenvalue weighted by molar-refractivity contribution is 6.01. The monoisotopic (exact) mass is 229 g/mol. The minimum atomic E-state index is -0.585. The zero-order valence-electron chi connectivity index (χ0n) is 10.4. The van der Waals surface area contributed by atoms with Gasteiger partial charge in [-0.1, -0.05) is 31.3 Å². The van der Waals surface area contributed by atoms with Crippen LogP contribution in [0.15, 0.2) is 5.16 Å². The molecule has 0 aliphatic carbocycles. The zero-order chi connectivity index (χ0) is 12.6. The quantitative estimate of drug-likeness (QED) is 0.203. The smallest absolute Gasteiger partial charge is 0.230 e. The SMILES string of the molecule is CCCCCC(C)NC(=O)C(C)C(N)=NO. The first-order valence-electron chi connectivity index (χ1n) is 5.80. The molecule has 0 aromatic rings. The summed E-state index contributed by atoms with van der Waals surface area (Å²) in [6.45, 7) is 5.72. The molecule has 0 radical (unpaired) electrons. The number of nitrogens with zero attached hydrogens (tertiary/aromatic N) is 1. The number of hydrogen-bond acceptors (Lipinski definition) is 3. The van der Waals surface area contributed by atoms with Gasteiger partial charge in [0, 0.05) is 6.04 Å². The number of rotatable bonds is 7. The van der Waals surface area contributed by atoms with Gasteiger partial charge in [-0.3, -0.25) is 4.79 Å². The van der Waals surface area contributed by atoms with Gasteiger partial charge in [0.25, 0.3) is 0 Å². The van der Waals surface area contributed by atoms with Gasteiger partial charge in [-0.15, -0.1) is 0 Å². The predicted molar refractivity (Wildman–Crippen MR) is 64.3 cm³/mol. The Morgan fingerprint density at radius 2 is 2.06 bits per heavy atom. The molecule has 0 spiro atoms. The molecule has 0 aromatic carbocycles. The van der Waals surface area contributed by atoms with Gasteiger partial charge in [0.1, 0.15) is 0 Å². The van der Waals surface area contributed by atoms with Crippen molar-refractivity contribution >= 4 is 11.7 Å².